The van der Waals surface area contributed by atoms with Crippen LogP contribution in [0.3, 0.4) is 0 Å². The fourth-order valence-electron chi connectivity index (χ4n) is 4.66. The molecule has 1 saturated heterocycles. The number of aromatic nitrogens is 2. The summed E-state index contributed by atoms with van der Waals surface area (Å²) in [5.41, 5.74) is 2.37. The zero-order valence-electron chi connectivity index (χ0n) is 17.3. The first-order chi connectivity index (χ1) is 13.9. The fourth-order valence-corrected chi connectivity index (χ4v) is 4.66. The summed E-state index contributed by atoms with van der Waals surface area (Å²) < 4.78 is 5.27. The molecule has 0 saturated carbocycles. The Hall–Kier alpha value is -2.83. The molecule has 1 aliphatic carbocycles. The Balaban J connectivity index is 1.58. The quantitative estimate of drug-likeness (QED) is 0.854. The first-order valence-corrected chi connectivity index (χ1v) is 10.1. The van der Waals surface area contributed by atoms with Crippen molar-refractivity contribution in [2.75, 3.05) is 39.2 Å². The molecule has 1 atom stereocenters. The average molecular weight is 396 g/mol. The van der Waals surface area contributed by atoms with Crippen LogP contribution >= 0.6 is 0 Å². The van der Waals surface area contributed by atoms with Crippen LogP contribution in [0.4, 0.5) is 5.95 Å². The number of fused-ring (bicyclic) bond motifs is 2. The van der Waals surface area contributed by atoms with E-state index in [4.69, 9.17) is 9.72 Å². The summed E-state index contributed by atoms with van der Waals surface area (Å²) in [6.45, 7) is 1.38. The molecule has 1 aromatic heterocycles. The van der Waals surface area contributed by atoms with E-state index < -0.39 is 0 Å². The molecular weight excluding hydrogens is 368 g/mol. The number of hydrogen-bond donors (Lipinski definition) is 1. The van der Waals surface area contributed by atoms with Crippen LogP contribution in [-0.4, -0.2) is 55.1 Å². The Morgan fingerprint density at radius 3 is 2.93 bits per heavy atom. The molecule has 2 aliphatic rings. The minimum absolute atomic E-state index is 0.0459. The Morgan fingerprint density at radius 1 is 1.34 bits per heavy atom. The molecule has 1 aliphatic heterocycles. The zero-order valence-corrected chi connectivity index (χ0v) is 17.3. The van der Waals surface area contributed by atoms with Gasteiger partial charge in [0.15, 0.2) is 0 Å². The fraction of sp³-hybridized carbons (Fsp3) is 0.500. The van der Waals surface area contributed by atoms with Crippen LogP contribution in [0.1, 0.15) is 36.1 Å². The average Bonchev–Trinajstić information content (AvgIpc) is 3.06. The number of likely N-dealkylation sites (tertiary alicyclic amines) is 1. The van der Waals surface area contributed by atoms with E-state index in [0.717, 1.165) is 54.8 Å². The number of anilines is 1. The number of H-pyrrole nitrogens is 1. The van der Waals surface area contributed by atoms with Gasteiger partial charge in [0.25, 0.3) is 5.56 Å². The van der Waals surface area contributed by atoms with E-state index in [1.807, 2.05) is 48.2 Å². The van der Waals surface area contributed by atoms with Crippen LogP contribution in [0.15, 0.2) is 29.1 Å². The van der Waals surface area contributed by atoms with Crippen molar-refractivity contribution in [1.29, 1.82) is 0 Å². The van der Waals surface area contributed by atoms with Crippen molar-refractivity contribution in [3.05, 3.63) is 51.4 Å². The van der Waals surface area contributed by atoms with Gasteiger partial charge in [0.2, 0.25) is 11.9 Å². The van der Waals surface area contributed by atoms with Gasteiger partial charge in [0, 0.05) is 38.2 Å². The highest BCUT2D eigenvalue weighted by Crippen LogP contribution is 2.43. The molecule has 0 radical (unpaired) electrons. The monoisotopic (exact) mass is 396 g/mol. The van der Waals surface area contributed by atoms with Crippen molar-refractivity contribution in [1.82, 2.24) is 14.9 Å². The summed E-state index contributed by atoms with van der Waals surface area (Å²) in [6.07, 6.45) is 3.84. The van der Waals surface area contributed by atoms with Gasteiger partial charge in [-0.1, -0.05) is 12.1 Å². The first-order valence-electron chi connectivity index (χ1n) is 10.1. The highest BCUT2D eigenvalue weighted by atomic mass is 16.5. The van der Waals surface area contributed by atoms with E-state index in [1.165, 1.54) is 0 Å². The van der Waals surface area contributed by atoms with Crippen molar-refractivity contribution in [2.24, 2.45) is 0 Å². The molecule has 1 N–H and O–H groups in total. The third-order valence-corrected chi connectivity index (χ3v) is 6.20. The number of amides is 1. The molecule has 1 amide bonds. The lowest BCUT2D eigenvalue weighted by molar-refractivity contribution is -0.132. The van der Waals surface area contributed by atoms with Crippen molar-refractivity contribution >= 4 is 11.9 Å². The minimum Gasteiger partial charge on any atom is -0.497 e. The SMILES string of the molecule is COc1cccc(CC(=O)N2CCCC3(CCc4c3nc(N(C)C)[nH]c4=O)C2)c1. The number of carbonyl (C=O) groups excluding carboxylic acids is 1. The van der Waals surface area contributed by atoms with Gasteiger partial charge in [-0.25, -0.2) is 4.98 Å². The van der Waals surface area contributed by atoms with Gasteiger partial charge in [-0.3, -0.25) is 14.6 Å². The summed E-state index contributed by atoms with van der Waals surface area (Å²) >= 11 is 0. The molecule has 154 valence electrons. The Kier molecular flexibility index (Phi) is 5.06. The van der Waals surface area contributed by atoms with Crippen LogP contribution in [0.25, 0.3) is 0 Å². The van der Waals surface area contributed by atoms with Gasteiger partial charge in [0.1, 0.15) is 5.75 Å². The summed E-state index contributed by atoms with van der Waals surface area (Å²) in [4.78, 5) is 37.1. The normalized spacial score (nSPS) is 20.6. The van der Waals surface area contributed by atoms with E-state index in [0.29, 0.717) is 18.9 Å². The lowest BCUT2D eigenvalue weighted by atomic mass is 9.77. The van der Waals surface area contributed by atoms with Crippen LogP contribution in [0.5, 0.6) is 5.75 Å². The zero-order chi connectivity index (χ0) is 20.6. The number of aromatic amines is 1. The molecular formula is C22H28N4O3. The summed E-state index contributed by atoms with van der Waals surface area (Å²) in [6, 6.07) is 7.65. The minimum atomic E-state index is -0.212. The molecule has 1 unspecified atom stereocenters. The van der Waals surface area contributed by atoms with Gasteiger partial charge in [-0.05, 0) is 43.4 Å². The Labute approximate surface area is 170 Å². The maximum absolute atomic E-state index is 13.0. The van der Waals surface area contributed by atoms with Crippen LogP contribution in [-0.2, 0) is 23.1 Å². The molecule has 0 bridgehead atoms. The lowest BCUT2D eigenvalue weighted by Gasteiger charge is -2.40. The van der Waals surface area contributed by atoms with Gasteiger partial charge < -0.3 is 14.5 Å². The molecule has 7 heteroatoms. The van der Waals surface area contributed by atoms with Crippen molar-refractivity contribution in [3.8, 4) is 5.75 Å². The number of methoxy groups -OCH3 is 1. The molecule has 2 aromatic rings. The smallest absolute Gasteiger partial charge is 0.255 e. The maximum atomic E-state index is 13.0. The summed E-state index contributed by atoms with van der Waals surface area (Å²) in [7, 11) is 5.37. The van der Waals surface area contributed by atoms with E-state index >= 15 is 0 Å². The van der Waals surface area contributed by atoms with Crippen LogP contribution in [0.2, 0.25) is 0 Å². The summed E-state index contributed by atoms with van der Waals surface area (Å²) in [5, 5.41) is 0. The second-order valence-electron chi connectivity index (χ2n) is 8.34. The van der Waals surface area contributed by atoms with E-state index in [1.54, 1.807) is 7.11 Å². The van der Waals surface area contributed by atoms with E-state index in [9.17, 15) is 9.59 Å². The second kappa shape index (κ2) is 7.54. The highest BCUT2D eigenvalue weighted by molar-refractivity contribution is 5.79. The van der Waals surface area contributed by atoms with E-state index in [-0.39, 0.29) is 16.9 Å². The molecule has 29 heavy (non-hydrogen) atoms. The molecule has 1 spiro atoms. The lowest BCUT2D eigenvalue weighted by Crippen LogP contribution is -2.48. The highest BCUT2D eigenvalue weighted by Gasteiger charge is 2.45. The van der Waals surface area contributed by atoms with Gasteiger partial charge in [-0.15, -0.1) is 0 Å². The standard InChI is InChI=1S/C22H28N4O3/c1-25(2)21-23-19-17(20(28)24-21)8-10-22(19)9-5-11-26(14-22)18(27)13-15-6-4-7-16(12-15)29-3/h4,6-7,12H,5,8-11,13-14H2,1-3H3,(H,23,24,28). The number of benzene rings is 1. The van der Waals surface area contributed by atoms with Crippen LogP contribution in [0, 0.1) is 0 Å². The Morgan fingerprint density at radius 2 is 2.17 bits per heavy atom. The number of hydrogen-bond acceptors (Lipinski definition) is 5. The second-order valence-corrected chi connectivity index (χ2v) is 8.34. The van der Waals surface area contributed by atoms with E-state index in [2.05, 4.69) is 4.98 Å². The topological polar surface area (TPSA) is 78.5 Å². The van der Waals surface area contributed by atoms with Gasteiger partial charge in [-0.2, -0.15) is 0 Å². The van der Waals surface area contributed by atoms with Gasteiger partial charge >= 0.3 is 0 Å². The maximum Gasteiger partial charge on any atom is 0.255 e. The molecule has 7 nitrogen and oxygen atoms in total. The molecule has 1 fully saturated rings. The first kappa shape index (κ1) is 19.5. The van der Waals surface area contributed by atoms with Crippen LogP contribution < -0.4 is 15.2 Å². The largest absolute Gasteiger partial charge is 0.497 e. The number of nitrogens with one attached hydrogen (secondary N) is 1. The number of ether oxygens (including phenoxy) is 1. The number of carbonyl (C=O) groups is 1. The molecule has 2 heterocycles. The third-order valence-electron chi connectivity index (χ3n) is 6.20. The Bertz CT molecular complexity index is 984. The van der Waals surface area contributed by atoms with Crippen molar-refractivity contribution in [2.45, 2.75) is 37.5 Å². The van der Waals surface area contributed by atoms with Crippen molar-refractivity contribution in [3.63, 3.8) is 0 Å². The molecule has 1 aromatic carbocycles. The predicted octanol–water partition coefficient (Wildman–Crippen LogP) is 1.89. The predicted molar refractivity (Wildman–Crippen MR) is 112 cm³/mol. The third kappa shape index (κ3) is 3.61. The number of piperidine rings is 1. The summed E-state index contributed by atoms with van der Waals surface area (Å²) in [5.74, 6) is 1.45. The van der Waals surface area contributed by atoms with Crippen molar-refractivity contribution < 1.29 is 9.53 Å². The molecule has 4 rings (SSSR count). The van der Waals surface area contributed by atoms with Gasteiger partial charge in [0.05, 0.1) is 19.2 Å². The number of rotatable bonds is 4. The number of nitrogens with zero attached hydrogens (tertiary/aromatic N) is 3.